The van der Waals surface area contributed by atoms with E-state index in [1.165, 1.54) is 33.4 Å². The van der Waals surface area contributed by atoms with Crippen molar-refractivity contribution in [1.82, 2.24) is 0 Å². The highest BCUT2D eigenvalue weighted by atomic mass is 14.6. The Morgan fingerprint density at radius 1 is 0.727 bits per heavy atom. The maximum Gasteiger partial charge on any atom is 0.0315 e. The Kier molecular flexibility index (Phi) is 2.06. The number of hydrogen-bond donors (Lipinski definition) is 0. The van der Waals surface area contributed by atoms with E-state index >= 15 is 0 Å². The van der Waals surface area contributed by atoms with E-state index < -0.39 is 0 Å². The summed E-state index contributed by atoms with van der Waals surface area (Å²) in [6.07, 6.45) is 18.4. The van der Waals surface area contributed by atoms with Gasteiger partial charge in [-0.05, 0) is 33.4 Å². The molecule has 0 N–H and O–H groups in total. The van der Waals surface area contributed by atoms with Crippen molar-refractivity contribution in [3.8, 4) is 0 Å². The van der Waals surface area contributed by atoms with Gasteiger partial charge in [0.15, 0.2) is 0 Å². The molecule has 0 spiro atoms. The van der Waals surface area contributed by atoms with Gasteiger partial charge < -0.3 is 0 Å². The van der Waals surface area contributed by atoms with E-state index in [2.05, 4.69) is 86.7 Å². The first-order valence-corrected chi connectivity index (χ1v) is 7.97. The van der Waals surface area contributed by atoms with Crippen LogP contribution in [0.2, 0.25) is 0 Å². The highest BCUT2D eigenvalue weighted by Crippen LogP contribution is 2.67. The number of rotatable bonds is 0. The van der Waals surface area contributed by atoms with Crippen LogP contribution in [0, 0.1) is 10.8 Å². The largest absolute Gasteiger partial charge is 0.0617 e. The molecule has 0 heterocycles. The van der Waals surface area contributed by atoms with Crippen LogP contribution in [-0.2, 0) is 0 Å². The average molecular weight is 282 g/mol. The standard InChI is InChI=1S/C22H18/c1-21-16-7-5-8-17(21)12-13-20-19-9-4-3-6-15(19)14-18(11-10-16)22(20,21)2/h3-14H,1-2H3/t21-,22-/m1/s1. The summed E-state index contributed by atoms with van der Waals surface area (Å²) in [6, 6.07) is 8.78. The lowest BCUT2D eigenvalue weighted by Gasteiger charge is -2.56. The van der Waals surface area contributed by atoms with E-state index in [0.29, 0.717) is 0 Å². The van der Waals surface area contributed by atoms with Crippen molar-refractivity contribution in [1.29, 1.82) is 0 Å². The van der Waals surface area contributed by atoms with E-state index in [-0.39, 0.29) is 10.8 Å². The van der Waals surface area contributed by atoms with E-state index in [1.54, 1.807) is 0 Å². The summed E-state index contributed by atoms with van der Waals surface area (Å²) in [5, 5.41) is 0. The molecule has 0 aliphatic heterocycles. The van der Waals surface area contributed by atoms with Gasteiger partial charge in [-0.2, -0.15) is 0 Å². The van der Waals surface area contributed by atoms with E-state index in [1.807, 2.05) is 0 Å². The van der Waals surface area contributed by atoms with Gasteiger partial charge in [-0.25, -0.2) is 0 Å². The average Bonchev–Trinajstić information content (AvgIpc) is 2.52. The zero-order valence-electron chi connectivity index (χ0n) is 12.9. The van der Waals surface area contributed by atoms with Gasteiger partial charge in [0.2, 0.25) is 0 Å². The number of fused-ring (bicyclic) bond motifs is 2. The highest BCUT2D eigenvalue weighted by molar-refractivity contribution is 5.91. The van der Waals surface area contributed by atoms with Crippen LogP contribution in [0.4, 0.5) is 0 Å². The monoisotopic (exact) mass is 282 g/mol. The van der Waals surface area contributed by atoms with Crippen molar-refractivity contribution in [3.05, 3.63) is 94.6 Å². The highest BCUT2D eigenvalue weighted by Gasteiger charge is 2.56. The second-order valence-corrected chi connectivity index (χ2v) is 6.95. The third-order valence-corrected chi connectivity index (χ3v) is 6.26. The van der Waals surface area contributed by atoms with Crippen LogP contribution >= 0.6 is 0 Å². The van der Waals surface area contributed by atoms with E-state index in [0.717, 1.165) is 0 Å². The molecular formula is C22H18. The lowest BCUT2D eigenvalue weighted by Crippen LogP contribution is -2.47. The molecule has 2 atom stereocenters. The zero-order chi connectivity index (χ0) is 14.9. The number of benzene rings is 1. The van der Waals surface area contributed by atoms with Gasteiger partial charge in [-0.15, -0.1) is 0 Å². The molecule has 1 aromatic carbocycles. The maximum atomic E-state index is 2.42. The number of hydrogen-bond acceptors (Lipinski definition) is 0. The maximum absolute atomic E-state index is 2.42. The van der Waals surface area contributed by atoms with Crippen molar-refractivity contribution in [2.45, 2.75) is 13.8 Å². The predicted molar refractivity (Wildman–Crippen MR) is 93.1 cm³/mol. The molecule has 22 heavy (non-hydrogen) atoms. The minimum atomic E-state index is 0.0107. The second-order valence-electron chi connectivity index (χ2n) is 6.95. The zero-order valence-corrected chi connectivity index (χ0v) is 12.9. The van der Waals surface area contributed by atoms with Crippen molar-refractivity contribution >= 4 is 11.6 Å². The molecule has 0 amide bonds. The SMILES string of the molecule is C[C@@]12C3=CC=CC1=CC=C1c4ccccc4C=C(C=C3)[C@]12C. The third-order valence-electron chi connectivity index (χ3n) is 6.26. The van der Waals surface area contributed by atoms with Crippen LogP contribution in [-0.4, -0.2) is 0 Å². The van der Waals surface area contributed by atoms with E-state index in [9.17, 15) is 0 Å². The summed E-state index contributed by atoms with van der Waals surface area (Å²) in [4.78, 5) is 0. The first-order chi connectivity index (χ1) is 10.7. The fourth-order valence-electron chi connectivity index (χ4n) is 4.76. The second kappa shape index (κ2) is 3.70. The fourth-order valence-corrected chi connectivity index (χ4v) is 4.76. The van der Waals surface area contributed by atoms with Crippen LogP contribution in [0.5, 0.6) is 0 Å². The van der Waals surface area contributed by atoms with Crippen LogP contribution in [0.3, 0.4) is 0 Å². The Hall–Kier alpha value is -2.34. The molecule has 0 nitrogen and oxygen atoms in total. The fraction of sp³-hybridized carbons (Fsp3) is 0.182. The molecule has 4 aliphatic carbocycles. The predicted octanol–water partition coefficient (Wildman–Crippen LogP) is 5.49. The van der Waals surface area contributed by atoms with Gasteiger partial charge in [-0.1, -0.05) is 86.7 Å². The summed E-state index contributed by atoms with van der Waals surface area (Å²) in [7, 11) is 0. The Bertz CT molecular complexity index is 898. The molecule has 0 unspecified atom stereocenters. The van der Waals surface area contributed by atoms with Gasteiger partial charge in [0.05, 0.1) is 0 Å². The lowest BCUT2D eigenvalue weighted by atomic mass is 9.46. The summed E-state index contributed by atoms with van der Waals surface area (Å²) in [5.41, 5.74) is 8.49. The molecule has 0 bridgehead atoms. The molecule has 0 saturated carbocycles. The van der Waals surface area contributed by atoms with Crippen molar-refractivity contribution in [2.75, 3.05) is 0 Å². The quantitative estimate of drug-likeness (QED) is 0.590. The van der Waals surface area contributed by atoms with Crippen molar-refractivity contribution in [3.63, 3.8) is 0 Å². The van der Waals surface area contributed by atoms with Crippen LogP contribution in [0.15, 0.2) is 83.5 Å². The lowest BCUT2D eigenvalue weighted by molar-refractivity contribution is 0.277. The van der Waals surface area contributed by atoms with Crippen LogP contribution < -0.4 is 0 Å². The molecule has 0 aromatic heterocycles. The summed E-state index contributed by atoms with van der Waals surface area (Å²) < 4.78 is 0. The molecule has 0 fully saturated rings. The summed E-state index contributed by atoms with van der Waals surface area (Å²) in [5.74, 6) is 0. The molecule has 106 valence electrons. The summed E-state index contributed by atoms with van der Waals surface area (Å²) >= 11 is 0. The molecule has 0 saturated heterocycles. The third kappa shape index (κ3) is 1.14. The minimum Gasteiger partial charge on any atom is -0.0617 e. The molecular weight excluding hydrogens is 264 g/mol. The first kappa shape index (κ1) is 12.2. The van der Waals surface area contributed by atoms with Gasteiger partial charge in [0.25, 0.3) is 0 Å². The molecule has 5 rings (SSSR count). The Labute approximate surface area is 131 Å². The van der Waals surface area contributed by atoms with Crippen molar-refractivity contribution in [2.24, 2.45) is 10.8 Å². The summed E-state index contributed by atoms with van der Waals surface area (Å²) in [6.45, 7) is 4.83. The van der Waals surface area contributed by atoms with Gasteiger partial charge in [-0.3, -0.25) is 0 Å². The number of allylic oxidation sites excluding steroid dienone is 11. The Morgan fingerprint density at radius 2 is 1.50 bits per heavy atom. The molecule has 0 heteroatoms. The van der Waals surface area contributed by atoms with E-state index in [4.69, 9.17) is 0 Å². The van der Waals surface area contributed by atoms with Crippen molar-refractivity contribution < 1.29 is 0 Å². The smallest absolute Gasteiger partial charge is 0.0315 e. The Balaban J connectivity index is 1.95. The molecule has 1 aromatic rings. The van der Waals surface area contributed by atoms with Gasteiger partial charge in [0.1, 0.15) is 0 Å². The van der Waals surface area contributed by atoms with Gasteiger partial charge >= 0.3 is 0 Å². The molecule has 4 aliphatic rings. The normalized spacial score (nSPS) is 33.2. The Morgan fingerprint density at radius 3 is 2.41 bits per heavy atom. The minimum absolute atomic E-state index is 0.0107. The molecule has 0 radical (unpaired) electrons. The van der Waals surface area contributed by atoms with Gasteiger partial charge in [0, 0.05) is 10.8 Å². The van der Waals surface area contributed by atoms with Crippen LogP contribution in [0.25, 0.3) is 11.6 Å². The van der Waals surface area contributed by atoms with Crippen LogP contribution in [0.1, 0.15) is 25.0 Å². The first-order valence-electron chi connectivity index (χ1n) is 7.97. The topological polar surface area (TPSA) is 0 Å².